The Balaban J connectivity index is 1.70. The van der Waals surface area contributed by atoms with E-state index in [1.807, 2.05) is 24.3 Å². The third-order valence-corrected chi connectivity index (χ3v) is 5.62. The number of anilines is 2. The van der Waals surface area contributed by atoms with Crippen LogP contribution in [0.4, 0.5) is 17.3 Å². The Hall–Kier alpha value is -3.91. The third kappa shape index (κ3) is 4.55. The van der Waals surface area contributed by atoms with E-state index < -0.39 is 0 Å². The molecule has 2 aromatic carbocycles. The molecule has 0 bridgehead atoms. The van der Waals surface area contributed by atoms with Gasteiger partial charge in [0.25, 0.3) is 0 Å². The van der Waals surface area contributed by atoms with Gasteiger partial charge in [0.05, 0.1) is 12.3 Å². The van der Waals surface area contributed by atoms with E-state index in [1.165, 1.54) is 11.1 Å². The minimum absolute atomic E-state index is 0.271. The molecule has 0 radical (unpaired) electrons. The van der Waals surface area contributed by atoms with Gasteiger partial charge in [0.1, 0.15) is 12.4 Å². The molecule has 0 spiro atoms. The first kappa shape index (κ1) is 21.3. The van der Waals surface area contributed by atoms with Crippen LogP contribution in [0.25, 0.3) is 4.85 Å². The summed E-state index contributed by atoms with van der Waals surface area (Å²) in [5.41, 5.74) is 5.98. The predicted molar refractivity (Wildman–Crippen MR) is 129 cm³/mol. The minimum Gasteiger partial charge on any atom is -0.500 e. The quantitative estimate of drug-likeness (QED) is 0.314. The highest BCUT2D eigenvalue weighted by Gasteiger charge is 2.29. The minimum atomic E-state index is 0.271. The number of rotatable bonds is 9. The number of aryl methyl sites for hydroxylation is 1. The molecule has 0 saturated heterocycles. The van der Waals surface area contributed by atoms with Gasteiger partial charge in [-0.15, -0.1) is 6.58 Å². The SMILES string of the molecule is [C-]#[N+]c1ccc(Nc2nc(CCC=C)c3c(n2)C(c2ccccc2)CC3)cc1OCC=C. The molecule has 0 aliphatic heterocycles. The number of hydrogen-bond acceptors (Lipinski definition) is 4. The topological polar surface area (TPSA) is 51.4 Å². The molecule has 4 rings (SSSR count). The standard InChI is InChI=1S/C27H26N4O/c1-4-6-12-23-22-15-14-21(19-10-8-7-9-11-19)26(22)31-27(30-23)29-20-13-16-24(28-3)25(18-20)32-17-5-2/h4-5,7-11,13,16,18,21H,1-2,6,12,14-15,17H2,(H,29,30,31). The van der Waals surface area contributed by atoms with Gasteiger partial charge in [0.15, 0.2) is 0 Å². The number of nitrogens with one attached hydrogen (secondary N) is 1. The highest BCUT2D eigenvalue weighted by Crippen LogP contribution is 2.39. The van der Waals surface area contributed by atoms with E-state index in [1.54, 1.807) is 12.1 Å². The maximum atomic E-state index is 7.36. The molecule has 5 heteroatoms. The molecule has 1 heterocycles. The van der Waals surface area contributed by atoms with Crippen molar-refractivity contribution in [2.24, 2.45) is 0 Å². The monoisotopic (exact) mass is 422 g/mol. The van der Waals surface area contributed by atoms with Gasteiger partial charge in [-0.1, -0.05) is 55.1 Å². The van der Waals surface area contributed by atoms with Crippen LogP contribution in [-0.2, 0) is 12.8 Å². The Morgan fingerprint density at radius 2 is 1.97 bits per heavy atom. The summed E-state index contributed by atoms with van der Waals surface area (Å²) in [6, 6.07) is 15.9. The molecule has 1 aromatic heterocycles. The zero-order valence-corrected chi connectivity index (χ0v) is 18.1. The van der Waals surface area contributed by atoms with E-state index in [2.05, 4.69) is 47.6 Å². The molecule has 0 saturated carbocycles. The van der Waals surface area contributed by atoms with Crippen LogP contribution in [0.3, 0.4) is 0 Å². The molecule has 3 aromatic rings. The molecule has 160 valence electrons. The van der Waals surface area contributed by atoms with E-state index in [4.69, 9.17) is 21.3 Å². The molecular formula is C27H26N4O. The average molecular weight is 423 g/mol. The van der Waals surface area contributed by atoms with E-state index in [0.29, 0.717) is 24.0 Å². The Kier molecular flexibility index (Phi) is 6.62. The van der Waals surface area contributed by atoms with Crippen molar-refractivity contribution < 1.29 is 4.74 Å². The summed E-state index contributed by atoms with van der Waals surface area (Å²) < 4.78 is 5.66. The van der Waals surface area contributed by atoms with Gasteiger partial charge in [-0.3, -0.25) is 0 Å². The van der Waals surface area contributed by atoms with E-state index in [-0.39, 0.29) is 5.92 Å². The fraction of sp³-hybridized carbons (Fsp3) is 0.222. The molecule has 0 fully saturated rings. The van der Waals surface area contributed by atoms with Crippen molar-refractivity contribution in [1.29, 1.82) is 0 Å². The van der Waals surface area contributed by atoms with Crippen molar-refractivity contribution in [3.8, 4) is 5.75 Å². The van der Waals surface area contributed by atoms with Crippen LogP contribution in [0.1, 0.15) is 41.3 Å². The summed E-state index contributed by atoms with van der Waals surface area (Å²) >= 11 is 0. The second kappa shape index (κ2) is 9.93. The van der Waals surface area contributed by atoms with Gasteiger partial charge >= 0.3 is 0 Å². The van der Waals surface area contributed by atoms with Gasteiger partial charge < -0.3 is 10.1 Å². The molecule has 1 N–H and O–H groups in total. The number of allylic oxidation sites excluding steroid dienone is 1. The van der Waals surface area contributed by atoms with Gasteiger partial charge in [0, 0.05) is 17.3 Å². The summed E-state index contributed by atoms with van der Waals surface area (Å²) in [5, 5.41) is 3.33. The molecule has 0 amide bonds. The maximum Gasteiger partial charge on any atom is 0.228 e. The lowest BCUT2D eigenvalue weighted by molar-refractivity contribution is 0.366. The molecule has 5 nitrogen and oxygen atoms in total. The van der Waals surface area contributed by atoms with Gasteiger partial charge in [0.2, 0.25) is 11.6 Å². The number of ether oxygens (including phenoxy) is 1. The van der Waals surface area contributed by atoms with Crippen LogP contribution in [0.15, 0.2) is 73.8 Å². The lowest BCUT2D eigenvalue weighted by atomic mass is 9.96. The van der Waals surface area contributed by atoms with Crippen molar-refractivity contribution in [2.75, 3.05) is 11.9 Å². The molecule has 1 aliphatic carbocycles. The number of nitrogens with zero attached hydrogens (tertiary/aromatic N) is 3. The van der Waals surface area contributed by atoms with Crippen LogP contribution in [-0.4, -0.2) is 16.6 Å². The van der Waals surface area contributed by atoms with Gasteiger partial charge in [-0.25, -0.2) is 14.8 Å². The fourth-order valence-corrected chi connectivity index (χ4v) is 4.12. The van der Waals surface area contributed by atoms with Crippen molar-refractivity contribution in [3.05, 3.63) is 108 Å². The lowest BCUT2D eigenvalue weighted by Gasteiger charge is -2.15. The highest BCUT2D eigenvalue weighted by molar-refractivity contribution is 5.67. The zero-order valence-electron chi connectivity index (χ0n) is 18.1. The largest absolute Gasteiger partial charge is 0.500 e. The molecule has 1 atom stereocenters. The van der Waals surface area contributed by atoms with E-state index in [9.17, 15) is 0 Å². The number of benzene rings is 2. The molecule has 32 heavy (non-hydrogen) atoms. The fourth-order valence-electron chi connectivity index (χ4n) is 4.12. The smallest absolute Gasteiger partial charge is 0.228 e. The summed E-state index contributed by atoms with van der Waals surface area (Å²) in [7, 11) is 0. The average Bonchev–Trinajstić information content (AvgIpc) is 3.26. The van der Waals surface area contributed by atoms with Crippen LogP contribution < -0.4 is 10.1 Å². The first-order valence-electron chi connectivity index (χ1n) is 10.8. The second-order valence-electron chi connectivity index (χ2n) is 7.71. The summed E-state index contributed by atoms with van der Waals surface area (Å²) in [6.07, 6.45) is 7.33. The normalized spacial score (nSPS) is 14.3. The van der Waals surface area contributed by atoms with Crippen molar-refractivity contribution in [1.82, 2.24) is 9.97 Å². The second-order valence-corrected chi connectivity index (χ2v) is 7.71. The molecular weight excluding hydrogens is 396 g/mol. The van der Waals surface area contributed by atoms with Crippen molar-refractivity contribution in [2.45, 2.75) is 31.6 Å². The van der Waals surface area contributed by atoms with Crippen LogP contribution >= 0.6 is 0 Å². The van der Waals surface area contributed by atoms with Crippen molar-refractivity contribution >= 4 is 17.3 Å². The third-order valence-electron chi connectivity index (χ3n) is 5.62. The van der Waals surface area contributed by atoms with Gasteiger partial charge in [-0.05, 0) is 48.9 Å². The summed E-state index contributed by atoms with van der Waals surface area (Å²) in [6.45, 7) is 15.2. The first-order chi connectivity index (χ1) is 15.7. The predicted octanol–water partition coefficient (Wildman–Crippen LogP) is 6.53. The van der Waals surface area contributed by atoms with Crippen LogP contribution in [0.2, 0.25) is 0 Å². The Labute approximate surface area is 189 Å². The highest BCUT2D eigenvalue weighted by atomic mass is 16.5. The Morgan fingerprint density at radius 3 is 2.72 bits per heavy atom. The summed E-state index contributed by atoms with van der Waals surface area (Å²) in [4.78, 5) is 13.3. The number of fused-ring (bicyclic) bond motifs is 1. The maximum absolute atomic E-state index is 7.36. The number of hydrogen-bond donors (Lipinski definition) is 1. The Bertz CT molecular complexity index is 1160. The molecule has 1 unspecified atom stereocenters. The Morgan fingerprint density at radius 1 is 1.12 bits per heavy atom. The van der Waals surface area contributed by atoms with Crippen LogP contribution in [0, 0.1) is 6.57 Å². The lowest BCUT2D eigenvalue weighted by Crippen LogP contribution is -2.08. The van der Waals surface area contributed by atoms with Crippen LogP contribution in [0.5, 0.6) is 5.75 Å². The van der Waals surface area contributed by atoms with E-state index in [0.717, 1.165) is 42.8 Å². The van der Waals surface area contributed by atoms with Gasteiger partial charge in [-0.2, -0.15) is 0 Å². The van der Waals surface area contributed by atoms with E-state index >= 15 is 0 Å². The molecule has 1 aliphatic rings. The first-order valence-corrected chi connectivity index (χ1v) is 10.8. The van der Waals surface area contributed by atoms with Crippen molar-refractivity contribution in [3.63, 3.8) is 0 Å². The number of aromatic nitrogens is 2. The zero-order chi connectivity index (χ0) is 22.3. The summed E-state index contributed by atoms with van der Waals surface area (Å²) in [5.74, 6) is 1.35.